The quantitative estimate of drug-likeness (QED) is 0.712. The molecular formula is C15H21BrClNO. The van der Waals surface area contributed by atoms with Crippen molar-refractivity contribution in [3.8, 4) is 5.75 Å². The fourth-order valence-electron chi connectivity index (χ4n) is 2.64. The number of benzene rings is 1. The first kappa shape index (κ1) is 15.1. The standard InChI is InChI=1S/C15H21BrClNO/c16-13-4-3-6-15(12-13)19-11-10-18-9-2-1-5-14(18)7-8-17/h3-4,6,12,14H,1-2,5,7-11H2. The molecule has 1 aliphatic rings. The Hall–Kier alpha value is -0.250. The van der Waals surface area contributed by atoms with Gasteiger partial charge in [-0.3, -0.25) is 4.90 Å². The topological polar surface area (TPSA) is 12.5 Å². The van der Waals surface area contributed by atoms with E-state index in [-0.39, 0.29) is 0 Å². The maximum absolute atomic E-state index is 5.88. The molecule has 4 heteroatoms. The second-order valence-electron chi connectivity index (χ2n) is 4.97. The SMILES string of the molecule is ClCCC1CCCCN1CCOc1cccc(Br)c1. The molecule has 2 rings (SSSR count). The average Bonchev–Trinajstić information content (AvgIpc) is 2.41. The van der Waals surface area contributed by atoms with Crippen LogP contribution in [0.25, 0.3) is 0 Å². The molecule has 1 unspecified atom stereocenters. The van der Waals surface area contributed by atoms with Gasteiger partial charge in [-0.05, 0) is 44.0 Å². The van der Waals surface area contributed by atoms with Gasteiger partial charge in [-0.2, -0.15) is 0 Å². The highest BCUT2D eigenvalue weighted by atomic mass is 79.9. The van der Waals surface area contributed by atoms with E-state index in [1.165, 1.54) is 25.8 Å². The zero-order valence-corrected chi connectivity index (χ0v) is 13.5. The normalized spacial score (nSPS) is 20.4. The smallest absolute Gasteiger partial charge is 0.120 e. The van der Waals surface area contributed by atoms with Crippen molar-refractivity contribution in [2.24, 2.45) is 0 Å². The van der Waals surface area contributed by atoms with Gasteiger partial charge in [0, 0.05) is 22.9 Å². The highest BCUT2D eigenvalue weighted by Gasteiger charge is 2.21. The molecule has 0 bridgehead atoms. The molecule has 0 radical (unpaired) electrons. The largest absolute Gasteiger partial charge is 0.492 e. The first-order valence-electron chi connectivity index (χ1n) is 6.98. The minimum atomic E-state index is 0.650. The first-order chi connectivity index (χ1) is 9.29. The molecule has 19 heavy (non-hydrogen) atoms. The van der Waals surface area contributed by atoms with Crippen LogP contribution in [0.3, 0.4) is 0 Å². The van der Waals surface area contributed by atoms with Crippen LogP contribution in [0, 0.1) is 0 Å². The fraction of sp³-hybridized carbons (Fsp3) is 0.600. The van der Waals surface area contributed by atoms with E-state index in [1.807, 2.05) is 24.3 Å². The number of alkyl halides is 1. The number of hydrogen-bond donors (Lipinski definition) is 0. The van der Waals surface area contributed by atoms with E-state index < -0.39 is 0 Å². The summed E-state index contributed by atoms with van der Waals surface area (Å²) in [5.41, 5.74) is 0. The van der Waals surface area contributed by atoms with E-state index in [0.717, 1.165) is 35.7 Å². The monoisotopic (exact) mass is 345 g/mol. The van der Waals surface area contributed by atoms with E-state index in [4.69, 9.17) is 16.3 Å². The molecule has 1 aromatic rings. The van der Waals surface area contributed by atoms with Crippen molar-refractivity contribution < 1.29 is 4.74 Å². The van der Waals surface area contributed by atoms with Crippen LogP contribution in [0.4, 0.5) is 0 Å². The second kappa shape index (κ2) is 8.13. The molecule has 2 nitrogen and oxygen atoms in total. The molecule has 0 spiro atoms. The third kappa shape index (κ3) is 4.97. The van der Waals surface area contributed by atoms with Crippen LogP contribution >= 0.6 is 27.5 Å². The molecule has 1 aromatic carbocycles. The van der Waals surface area contributed by atoms with Crippen molar-refractivity contribution in [3.63, 3.8) is 0 Å². The lowest BCUT2D eigenvalue weighted by Gasteiger charge is -2.35. The van der Waals surface area contributed by atoms with Crippen molar-refractivity contribution in [3.05, 3.63) is 28.7 Å². The number of nitrogens with zero attached hydrogens (tertiary/aromatic N) is 1. The van der Waals surface area contributed by atoms with Crippen LogP contribution < -0.4 is 4.74 Å². The maximum atomic E-state index is 5.88. The van der Waals surface area contributed by atoms with Crippen molar-refractivity contribution >= 4 is 27.5 Å². The van der Waals surface area contributed by atoms with E-state index in [1.54, 1.807) is 0 Å². The average molecular weight is 347 g/mol. The molecule has 0 aromatic heterocycles. The zero-order valence-electron chi connectivity index (χ0n) is 11.2. The number of rotatable bonds is 6. The van der Waals surface area contributed by atoms with Crippen LogP contribution in [0.1, 0.15) is 25.7 Å². The van der Waals surface area contributed by atoms with E-state index in [0.29, 0.717) is 6.04 Å². The Morgan fingerprint density at radius 2 is 2.26 bits per heavy atom. The van der Waals surface area contributed by atoms with Crippen molar-refractivity contribution in [2.75, 3.05) is 25.6 Å². The second-order valence-corrected chi connectivity index (χ2v) is 6.26. The molecule has 1 atom stereocenters. The van der Waals surface area contributed by atoms with Gasteiger partial charge in [-0.15, -0.1) is 11.6 Å². The molecule has 1 heterocycles. The van der Waals surface area contributed by atoms with Crippen LogP contribution in [0.15, 0.2) is 28.7 Å². The minimum Gasteiger partial charge on any atom is -0.492 e. The lowest BCUT2D eigenvalue weighted by Crippen LogP contribution is -2.42. The van der Waals surface area contributed by atoms with Gasteiger partial charge in [0.1, 0.15) is 12.4 Å². The van der Waals surface area contributed by atoms with Crippen LogP contribution in [0.5, 0.6) is 5.75 Å². The van der Waals surface area contributed by atoms with Gasteiger partial charge >= 0.3 is 0 Å². The van der Waals surface area contributed by atoms with Crippen molar-refractivity contribution in [1.29, 1.82) is 0 Å². The van der Waals surface area contributed by atoms with Gasteiger partial charge in [0.2, 0.25) is 0 Å². The molecule has 1 aliphatic heterocycles. The van der Waals surface area contributed by atoms with Crippen molar-refractivity contribution in [1.82, 2.24) is 4.90 Å². The molecule has 0 aliphatic carbocycles. The summed E-state index contributed by atoms with van der Waals surface area (Å²) < 4.78 is 6.87. The number of piperidine rings is 1. The molecule has 0 saturated carbocycles. The number of halogens is 2. The molecule has 106 valence electrons. The Bertz CT molecular complexity index is 386. The summed E-state index contributed by atoms with van der Waals surface area (Å²) >= 11 is 9.34. The summed E-state index contributed by atoms with van der Waals surface area (Å²) in [6.45, 7) is 2.92. The van der Waals surface area contributed by atoms with Gasteiger partial charge in [-0.1, -0.05) is 28.4 Å². The molecule has 1 saturated heterocycles. The van der Waals surface area contributed by atoms with Crippen LogP contribution in [0.2, 0.25) is 0 Å². The lowest BCUT2D eigenvalue weighted by atomic mass is 10.0. The zero-order chi connectivity index (χ0) is 13.5. The number of likely N-dealkylation sites (tertiary alicyclic amines) is 1. The van der Waals surface area contributed by atoms with Crippen LogP contribution in [-0.2, 0) is 0 Å². The summed E-state index contributed by atoms with van der Waals surface area (Å²) in [5, 5.41) is 0. The summed E-state index contributed by atoms with van der Waals surface area (Å²) in [7, 11) is 0. The molecule has 0 amide bonds. The fourth-order valence-corrected chi connectivity index (χ4v) is 3.27. The Kier molecular flexibility index (Phi) is 6.48. The Morgan fingerprint density at radius 1 is 1.37 bits per heavy atom. The maximum Gasteiger partial charge on any atom is 0.120 e. The summed E-state index contributed by atoms with van der Waals surface area (Å²) in [6, 6.07) is 8.66. The third-order valence-electron chi connectivity index (χ3n) is 3.63. The van der Waals surface area contributed by atoms with Crippen LogP contribution in [-0.4, -0.2) is 36.5 Å². The van der Waals surface area contributed by atoms with Gasteiger partial charge in [0.25, 0.3) is 0 Å². The molecular weight excluding hydrogens is 326 g/mol. The van der Waals surface area contributed by atoms with Crippen molar-refractivity contribution in [2.45, 2.75) is 31.7 Å². The summed E-state index contributed by atoms with van der Waals surface area (Å²) in [6.07, 6.45) is 5.02. The molecule has 1 fully saturated rings. The lowest BCUT2D eigenvalue weighted by molar-refractivity contribution is 0.121. The minimum absolute atomic E-state index is 0.650. The predicted molar refractivity (Wildman–Crippen MR) is 84.2 cm³/mol. The van der Waals surface area contributed by atoms with Gasteiger partial charge in [0.15, 0.2) is 0 Å². The highest BCUT2D eigenvalue weighted by Crippen LogP contribution is 2.21. The van der Waals surface area contributed by atoms with Gasteiger partial charge in [-0.25, -0.2) is 0 Å². The first-order valence-corrected chi connectivity index (χ1v) is 8.31. The third-order valence-corrected chi connectivity index (χ3v) is 4.35. The summed E-state index contributed by atoms with van der Waals surface area (Å²) in [4.78, 5) is 2.53. The van der Waals surface area contributed by atoms with E-state index in [9.17, 15) is 0 Å². The highest BCUT2D eigenvalue weighted by molar-refractivity contribution is 9.10. The van der Waals surface area contributed by atoms with Gasteiger partial charge < -0.3 is 4.74 Å². The Balaban J connectivity index is 1.77. The number of hydrogen-bond acceptors (Lipinski definition) is 2. The molecule has 0 N–H and O–H groups in total. The van der Waals surface area contributed by atoms with Gasteiger partial charge in [0.05, 0.1) is 0 Å². The predicted octanol–water partition coefficient (Wildman–Crippen LogP) is 4.31. The Labute approximate surface area is 129 Å². The van der Waals surface area contributed by atoms with E-state index >= 15 is 0 Å². The number of ether oxygens (including phenoxy) is 1. The van der Waals surface area contributed by atoms with E-state index in [2.05, 4.69) is 20.8 Å². The Morgan fingerprint density at radius 3 is 3.05 bits per heavy atom. The summed E-state index contributed by atoms with van der Waals surface area (Å²) in [5.74, 6) is 1.69.